The number of benzene rings is 2. The van der Waals surface area contributed by atoms with Crippen molar-refractivity contribution < 1.29 is 18.8 Å². The molecule has 5 nitrogen and oxygen atoms in total. The molecule has 0 aromatic heterocycles. The fraction of sp³-hybridized carbons (Fsp3) is 0.407. The van der Waals surface area contributed by atoms with Crippen LogP contribution in [0.25, 0.3) is 0 Å². The molecule has 1 atom stereocenters. The molecule has 7 heteroatoms. The van der Waals surface area contributed by atoms with Crippen molar-refractivity contribution in [3.05, 3.63) is 72.4 Å². The Kier molecular flexibility index (Phi) is 7.75. The molecule has 0 radical (unpaired) electrons. The van der Waals surface area contributed by atoms with Gasteiger partial charge in [0.1, 0.15) is 5.60 Å². The number of carbonyl (C=O) groups is 2. The average molecular weight is 500 g/mol. The second-order valence-corrected chi connectivity index (χ2v) is 15.3. The summed E-state index contributed by atoms with van der Waals surface area (Å²) in [7, 11) is -2.80. The smallest absolute Gasteiger partial charge is 0.414 e. The highest BCUT2D eigenvalue weighted by Crippen LogP contribution is 2.37. The number of ether oxygens (including phenoxy) is 1. The molecule has 0 spiro atoms. The van der Waals surface area contributed by atoms with E-state index in [1.165, 1.54) is 11.1 Å². The third-order valence-corrected chi connectivity index (χ3v) is 11.2. The van der Waals surface area contributed by atoms with Gasteiger partial charge in [0, 0.05) is 18.2 Å². The van der Waals surface area contributed by atoms with Crippen molar-refractivity contribution in [3.63, 3.8) is 0 Å². The fourth-order valence-electron chi connectivity index (χ4n) is 4.45. The normalized spacial score (nSPS) is 16.9. The zero-order chi connectivity index (χ0) is 25.1. The van der Waals surface area contributed by atoms with Gasteiger partial charge in [0.2, 0.25) is 5.24 Å². The van der Waals surface area contributed by atoms with Gasteiger partial charge in [-0.25, -0.2) is 4.79 Å². The van der Waals surface area contributed by atoms with Gasteiger partial charge in [-0.1, -0.05) is 81.4 Å². The second kappa shape index (κ2) is 10.1. The molecule has 1 amide bonds. The van der Waals surface area contributed by atoms with Crippen LogP contribution in [0.2, 0.25) is 5.04 Å². The molecule has 0 saturated heterocycles. The van der Waals surface area contributed by atoms with Crippen LogP contribution in [-0.4, -0.2) is 42.8 Å². The summed E-state index contributed by atoms with van der Waals surface area (Å²) in [6.45, 7) is 12.3. The van der Waals surface area contributed by atoms with Crippen molar-refractivity contribution in [2.75, 3.05) is 6.61 Å². The first kappa shape index (κ1) is 26.2. The summed E-state index contributed by atoms with van der Waals surface area (Å²) in [4.78, 5) is 26.4. The maximum Gasteiger partial charge on any atom is 0.414 e. The summed E-state index contributed by atoms with van der Waals surface area (Å²) in [5.74, 6) is 0. The number of hydrogen-bond donors (Lipinski definition) is 0. The number of hydrogen-bond acceptors (Lipinski definition) is 4. The minimum Gasteiger partial charge on any atom is -0.443 e. The summed E-state index contributed by atoms with van der Waals surface area (Å²) < 4.78 is 12.6. The Morgan fingerprint density at radius 3 is 1.85 bits per heavy atom. The van der Waals surface area contributed by atoms with Crippen LogP contribution in [0.3, 0.4) is 0 Å². The molecule has 1 heterocycles. The molecular weight excluding hydrogens is 466 g/mol. The fourth-order valence-corrected chi connectivity index (χ4v) is 9.17. The SMILES string of the molecule is CC(C)(C)OC(=O)N1C=C(C(=O)Cl)C[C@@H]1CO[Si](c1ccccc1)(c1ccccc1)C(C)(C)C. The maximum absolute atomic E-state index is 13.0. The minimum atomic E-state index is -2.80. The zero-order valence-electron chi connectivity index (χ0n) is 20.8. The zero-order valence-corrected chi connectivity index (χ0v) is 22.6. The molecule has 0 aliphatic carbocycles. The summed E-state index contributed by atoms with van der Waals surface area (Å²) in [6, 6.07) is 20.2. The van der Waals surface area contributed by atoms with Crippen molar-refractivity contribution in [1.29, 1.82) is 0 Å². The molecule has 0 N–H and O–H groups in total. The van der Waals surface area contributed by atoms with Gasteiger partial charge >= 0.3 is 6.09 Å². The van der Waals surface area contributed by atoms with Gasteiger partial charge < -0.3 is 9.16 Å². The van der Waals surface area contributed by atoms with Crippen LogP contribution in [0, 0.1) is 0 Å². The van der Waals surface area contributed by atoms with Crippen LogP contribution in [0.15, 0.2) is 72.4 Å². The monoisotopic (exact) mass is 499 g/mol. The molecule has 0 fully saturated rings. The number of nitrogens with zero attached hydrogens (tertiary/aromatic N) is 1. The summed E-state index contributed by atoms with van der Waals surface area (Å²) in [5.41, 5.74) is -0.286. The predicted octanol–water partition coefficient (Wildman–Crippen LogP) is 5.22. The lowest BCUT2D eigenvalue weighted by molar-refractivity contribution is -0.108. The van der Waals surface area contributed by atoms with Gasteiger partial charge in [-0.15, -0.1) is 0 Å². The van der Waals surface area contributed by atoms with Crippen molar-refractivity contribution in [2.45, 2.75) is 64.6 Å². The van der Waals surface area contributed by atoms with Gasteiger partial charge in [-0.2, -0.15) is 0 Å². The highest BCUT2D eigenvalue weighted by atomic mass is 35.5. The predicted molar refractivity (Wildman–Crippen MR) is 139 cm³/mol. The van der Waals surface area contributed by atoms with Crippen LogP contribution in [-0.2, 0) is 14.0 Å². The van der Waals surface area contributed by atoms with Crippen molar-refractivity contribution >= 4 is 41.6 Å². The van der Waals surface area contributed by atoms with Crippen LogP contribution in [0.4, 0.5) is 4.79 Å². The summed E-state index contributed by atoms with van der Waals surface area (Å²) in [6.07, 6.45) is 1.30. The van der Waals surface area contributed by atoms with E-state index in [2.05, 4.69) is 45.0 Å². The molecule has 0 saturated carbocycles. The molecule has 0 unspecified atom stereocenters. The third kappa shape index (κ3) is 5.62. The summed E-state index contributed by atoms with van der Waals surface area (Å²) >= 11 is 5.79. The lowest BCUT2D eigenvalue weighted by atomic mass is 10.1. The molecule has 2 aromatic rings. The van der Waals surface area contributed by atoms with E-state index in [4.69, 9.17) is 20.8 Å². The highest BCUT2D eigenvalue weighted by Gasteiger charge is 2.51. The van der Waals surface area contributed by atoms with Crippen molar-refractivity contribution in [1.82, 2.24) is 4.90 Å². The summed E-state index contributed by atoms with van der Waals surface area (Å²) in [5, 5.41) is 1.53. The molecule has 34 heavy (non-hydrogen) atoms. The van der Waals surface area contributed by atoms with E-state index in [1.807, 2.05) is 57.2 Å². The van der Waals surface area contributed by atoms with E-state index in [1.54, 1.807) is 0 Å². The van der Waals surface area contributed by atoms with Crippen LogP contribution >= 0.6 is 11.6 Å². The van der Waals surface area contributed by atoms with Gasteiger partial charge in [-0.05, 0) is 47.8 Å². The standard InChI is InChI=1S/C27H34ClNO4Si/c1-26(2,3)33-25(31)29-18-20(24(28)30)17-21(29)19-32-34(27(4,5)6,22-13-9-7-10-14-22)23-15-11-8-12-16-23/h7-16,18,21H,17,19H2,1-6H3/t21-/m1/s1. The van der Waals surface area contributed by atoms with Crippen LogP contribution in [0.1, 0.15) is 48.0 Å². The lowest BCUT2D eigenvalue weighted by Gasteiger charge is -2.44. The van der Waals surface area contributed by atoms with Crippen LogP contribution < -0.4 is 10.4 Å². The van der Waals surface area contributed by atoms with E-state index in [0.717, 1.165) is 10.4 Å². The van der Waals surface area contributed by atoms with Crippen LogP contribution in [0.5, 0.6) is 0 Å². The Hall–Kier alpha value is -2.41. The molecular formula is C27H34ClNO4Si. The Balaban J connectivity index is 2.00. The van der Waals surface area contributed by atoms with Gasteiger partial charge in [0.25, 0.3) is 8.32 Å². The van der Waals surface area contributed by atoms with Gasteiger partial charge in [0.05, 0.1) is 12.6 Å². The highest BCUT2D eigenvalue weighted by molar-refractivity contribution is 6.99. The second-order valence-electron chi connectivity index (χ2n) is 10.6. The number of carbonyl (C=O) groups excluding carboxylic acids is 2. The first-order valence-corrected chi connectivity index (χ1v) is 13.8. The molecule has 2 aromatic carbocycles. The first-order chi connectivity index (χ1) is 15.8. The van der Waals surface area contributed by atoms with E-state index in [-0.39, 0.29) is 11.6 Å². The molecule has 0 bridgehead atoms. The Morgan fingerprint density at radius 1 is 0.941 bits per heavy atom. The number of halogens is 1. The molecule has 3 rings (SSSR count). The average Bonchev–Trinajstić information content (AvgIpc) is 3.18. The molecule has 1 aliphatic rings. The van der Waals surface area contributed by atoms with Crippen molar-refractivity contribution in [3.8, 4) is 0 Å². The topological polar surface area (TPSA) is 55.8 Å². The lowest BCUT2D eigenvalue weighted by Crippen LogP contribution is -2.67. The van der Waals surface area contributed by atoms with E-state index in [9.17, 15) is 9.59 Å². The Labute approximate surface area is 208 Å². The third-order valence-electron chi connectivity index (χ3n) is 5.91. The minimum absolute atomic E-state index is 0.205. The van der Waals surface area contributed by atoms with Crippen molar-refractivity contribution in [2.24, 2.45) is 0 Å². The van der Waals surface area contributed by atoms with E-state index in [0.29, 0.717) is 12.0 Å². The van der Waals surface area contributed by atoms with E-state index < -0.39 is 31.3 Å². The maximum atomic E-state index is 13.0. The van der Waals surface area contributed by atoms with Gasteiger partial charge in [-0.3, -0.25) is 9.69 Å². The molecule has 1 aliphatic heterocycles. The quantitative estimate of drug-likeness (QED) is 0.404. The number of amides is 1. The van der Waals surface area contributed by atoms with E-state index >= 15 is 0 Å². The van der Waals surface area contributed by atoms with Gasteiger partial charge in [0.15, 0.2) is 0 Å². The largest absolute Gasteiger partial charge is 0.443 e. The Bertz CT molecular complexity index is 1000. The Morgan fingerprint density at radius 2 is 1.44 bits per heavy atom. The molecule has 182 valence electrons. The first-order valence-electron chi connectivity index (χ1n) is 11.5. The number of rotatable bonds is 6.